The lowest BCUT2D eigenvalue weighted by Crippen LogP contribution is -2.30. The fraction of sp³-hybridized carbons (Fsp3) is 0.312. The molecular formula is C16H20N2OS. The third kappa shape index (κ3) is 3.20. The highest BCUT2D eigenvalue weighted by atomic mass is 32.1. The fourth-order valence-electron chi connectivity index (χ4n) is 2.18. The number of carbonyl (C=O) groups is 1. The van der Waals surface area contributed by atoms with Crippen molar-refractivity contribution >= 4 is 28.5 Å². The molecule has 0 amide bonds. The topological polar surface area (TPSA) is 46.3 Å². The molecule has 3 nitrogen and oxygen atoms in total. The number of Topliss-reactive ketones (excluding diaryl/α,β-unsaturated/α-hetero) is 1. The number of anilines is 2. The second-order valence-corrected chi connectivity index (χ2v) is 6.10. The van der Waals surface area contributed by atoms with E-state index in [9.17, 15) is 4.79 Å². The van der Waals surface area contributed by atoms with Crippen LogP contribution in [-0.2, 0) is 6.42 Å². The fourth-order valence-corrected chi connectivity index (χ4v) is 3.01. The van der Waals surface area contributed by atoms with E-state index in [0.29, 0.717) is 17.3 Å². The maximum absolute atomic E-state index is 11.6. The molecule has 1 aromatic carbocycles. The van der Waals surface area contributed by atoms with Crippen LogP contribution in [0.2, 0.25) is 0 Å². The average molecular weight is 288 g/mol. The molecule has 4 heteroatoms. The van der Waals surface area contributed by atoms with Gasteiger partial charge in [-0.1, -0.05) is 6.07 Å². The minimum absolute atomic E-state index is 0.00339. The summed E-state index contributed by atoms with van der Waals surface area (Å²) in [4.78, 5) is 15.1. The molecule has 2 N–H and O–H groups in total. The number of hydrogen-bond acceptors (Lipinski definition) is 4. The Labute approximate surface area is 124 Å². The molecule has 0 bridgehead atoms. The van der Waals surface area contributed by atoms with Crippen molar-refractivity contribution in [2.75, 3.05) is 17.7 Å². The number of nitrogen functional groups attached to an aromatic ring is 1. The molecule has 1 heterocycles. The lowest BCUT2D eigenvalue weighted by atomic mass is 10.1. The van der Waals surface area contributed by atoms with Gasteiger partial charge in [0, 0.05) is 41.3 Å². The van der Waals surface area contributed by atoms with Crippen molar-refractivity contribution in [3.8, 4) is 0 Å². The normalized spacial score (nSPS) is 12.2. The van der Waals surface area contributed by atoms with Crippen LogP contribution in [0, 0.1) is 0 Å². The molecule has 2 rings (SSSR count). The molecule has 2 aromatic rings. The van der Waals surface area contributed by atoms with Crippen molar-refractivity contribution in [2.45, 2.75) is 26.3 Å². The Kier molecular flexibility index (Phi) is 4.45. The van der Waals surface area contributed by atoms with Gasteiger partial charge in [0.2, 0.25) is 0 Å². The zero-order chi connectivity index (χ0) is 14.7. The van der Waals surface area contributed by atoms with Crippen LogP contribution in [0.25, 0.3) is 0 Å². The third-order valence-electron chi connectivity index (χ3n) is 3.56. The monoisotopic (exact) mass is 288 g/mol. The standard InChI is InChI=1S/C16H20N2OS/c1-11(9-14-5-4-8-20-14)18(3)13-6-7-16(17)15(10-13)12(2)19/h4-8,10-11H,9,17H2,1-3H3. The first kappa shape index (κ1) is 14.6. The largest absolute Gasteiger partial charge is 0.398 e. The Bertz CT molecular complexity index is 593. The Hall–Kier alpha value is -1.81. The first-order valence-corrected chi connectivity index (χ1v) is 7.52. The van der Waals surface area contributed by atoms with Gasteiger partial charge in [0.05, 0.1) is 0 Å². The number of hydrogen-bond donors (Lipinski definition) is 1. The van der Waals surface area contributed by atoms with Crippen molar-refractivity contribution < 1.29 is 4.79 Å². The highest BCUT2D eigenvalue weighted by Crippen LogP contribution is 2.24. The zero-order valence-electron chi connectivity index (χ0n) is 12.1. The summed E-state index contributed by atoms with van der Waals surface area (Å²) in [5, 5.41) is 2.10. The summed E-state index contributed by atoms with van der Waals surface area (Å²) in [7, 11) is 2.05. The number of rotatable bonds is 5. The molecule has 0 saturated heterocycles. The van der Waals surface area contributed by atoms with Gasteiger partial charge in [-0.25, -0.2) is 0 Å². The quantitative estimate of drug-likeness (QED) is 0.675. The Morgan fingerprint density at radius 2 is 2.15 bits per heavy atom. The summed E-state index contributed by atoms with van der Waals surface area (Å²) in [6.07, 6.45) is 0.994. The van der Waals surface area contributed by atoms with Gasteiger partial charge in [0.25, 0.3) is 0 Å². The molecule has 0 saturated carbocycles. The lowest BCUT2D eigenvalue weighted by molar-refractivity contribution is 0.101. The smallest absolute Gasteiger partial charge is 0.161 e. The number of carbonyl (C=O) groups excluding carboxylic acids is 1. The van der Waals surface area contributed by atoms with Crippen LogP contribution in [0.3, 0.4) is 0 Å². The summed E-state index contributed by atoms with van der Waals surface area (Å²) in [6, 6.07) is 10.2. The van der Waals surface area contributed by atoms with E-state index in [-0.39, 0.29) is 5.78 Å². The van der Waals surface area contributed by atoms with Crippen LogP contribution in [0.15, 0.2) is 35.7 Å². The van der Waals surface area contributed by atoms with Gasteiger partial charge in [-0.3, -0.25) is 4.79 Å². The molecule has 1 atom stereocenters. The minimum atomic E-state index is 0.00339. The predicted octanol–water partition coefficient (Wildman–Crippen LogP) is 3.60. The van der Waals surface area contributed by atoms with Gasteiger partial charge in [0.1, 0.15) is 0 Å². The van der Waals surface area contributed by atoms with Crippen molar-refractivity contribution in [3.05, 3.63) is 46.2 Å². The summed E-state index contributed by atoms with van der Waals surface area (Å²) in [5.74, 6) is 0.00339. The lowest BCUT2D eigenvalue weighted by Gasteiger charge is -2.27. The van der Waals surface area contributed by atoms with Crippen molar-refractivity contribution in [1.82, 2.24) is 0 Å². The first-order valence-electron chi connectivity index (χ1n) is 6.64. The molecule has 1 unspecified atom stereocenters. The molecule has 106 valence electrons. The molecule has 0 radical (unpaired) electrons. The van der Waals surface area contributed by atoms with Crippen LogP contribution >= 0.6 is 11.3 Å². The van der Waals surface area contributed by atoms with E-state index in [2.05, 4.69) is 29.3 Å². The Morgan fingerprint density at radius 3 is 2.75 bits per heavy atom. The van der Waals surface area contributed by atoms with E-state index >= 15 is 0 Å². The Morgan fingerprint density at radius 1 is 1.40 bits per heavy atom. The van der Waals surface area contributed by atoms with E-state index in [1.54, 1.807) is 24.3 Å². The maximum Gasteiger partial charge on any atom is 0.161 e. The van der Waals surface area contributed by atoms with E-state index in [0.717, 1.165) is 12.1 Å². The van der Waals surface area contributed by atoms with Gasteiger partial charge < -0.3 is 10.6 Å². The van der Waals surface area contributed by atoms with Gasteiger partial charge in [-0.2, -0.15) is 0 Å². The summed E-state index contributed by atoms with van der Waals surface area (Å²) >= 11 is 1.77. The number of nitrogens with zero attached hydrogens (tertiary/aromatic N) is 1. The second-order valence-electron chi connectivity index (χ2n) is 5.07. The molecular weight excluding hydrogens is 268 g/mol. The number of thiophene rings is 1. The highest BCUT2D eigenvalue weighted by molar-refractivity contribution is 7.09. The molecule has 0 spiro atoms. The Balaban J connectivity index is 2.18. The van der Waals surface area contributed by atoms with Crippen LogP contribution < -0.4 is 10.6 Å². The summed E-state index contributed by atoms with van der Waals surface area (Å²) < 4.78 is 0. The molecule has 1 aromatic heterocycles. The number of ketones is 1. The van der Waals surface area contributed by atoms with Crippen LogP contribution in [0.1, 0.15) is 29.1 Å². The zero-order valence-corrected chi connectivity index (χ0v) is 12.9. The molecule has 0 aliphatic rings. The van der Waals surface area contributed by atoms with E-state index in [4.69, 9.17) is 5.73 Å². The number of benzene rings is 1. The second kappa shape index (κ2) is 6.09. The maximum atomic E-state index is 11.6. The highest BCUT2D eigenvalue weighted by Gasteiger charge is 2.14. The van der Waals surface area contributed by atoms with Crippen LogP contribution in [-0.4, -0.2) is 18.9 Å². The first-order chi connectivity index (χ1) is 9.49. The summed E-state index contributed by atoms with van der Waals surface area (Å²) in [5.41, 5.74) is 8.00. The van der Waals surface area contributed by atoms with Crippen LogP contribution in [0.4, 0.5) is 11.4 Å². The predicted molar refractivity (Wildman–Crippen MR) is 86.7 cm³/mol. The van der Waals surface area contributed by atoms with Crippen molar-refractivity contribution in [1.29, 1.82) is 0 Å². The van der Waals surface area contributed by atoms with E-state index in [1.807, 2.05) is 19.2 Å². The number of likely N-dealkylation sites (N-methyl/N-ethyl adjacent to an activating group) is 1. The molecule has 0 aliphatic heterocycles. The van der Waals surface area contributed by atoms with E-state index < -0.39 is 0 Å². The van der Waals surface area contributed by atoms with Gasteiger partial charge in [-0.05, 0) is 43.5 Å². The SMILES string of the molecule is CC(=O)c1cc(N(C)C(C)Cc2cccs2)ccc1N. The third-order valence-corrected chi connectivity index (χ3v) is 4.46. The minimum Gasteiger partial charge on any atom is -0.398 e. The summed E-state index contributed by atoms with van der Waals surface area (Å²) in [6.45, 7) is 3.73. The molecule has 0 aliphatic carbocycles. The van der Waals surface area contributed by atoms with Crippen molar-refractivity contribution in [2.24, 2.45) is 0 Å². The molecule has 0 fully saturated rings. The van der Waals surface area contributed by atoms with Crippen LogP contribution in [0.5, 0.6) is 0 Å². The average Bonchev–Trinajstić information content (AvgIpc) is 2.91. The van der Waals surface area contributed by atoms with Gasteiger partial charge >= 0.3 is 0 Å². The van der Waals surface area contributed by atoms with Gasteiger partial charge in [-0.15, -0.1) is 11.3 Å². The number of nitrogens with two attached hydrogens (primary N) is 1. The van der Waals surface area contributed by atoms with Gasteiger partial charge in [0.15, 0.2) is 5.78 Å². The molecule has 20 heavy (non-hydrogen) atoms. The van der Waals surface area contributed by atoms with E-state index in [1.165, 1.54) is 4.88 Å². The van der Waals surface area contributed by atoms with Crippen molar-refractivity contribution in [3.63, 3.8) is 0 Å².